The Balaban J connectivity index is 1.43. The Morgan fingerprint density at radius 3 is 1.86 bits per heavy atom. The Morgan fingerprint density at radius 1 is 0.833 bits per heavy atom. The van der Waals surface area contributed by atoms with E-state index in [9.17, 15) is 14.4 Å². The molecule has 8 heteroatoms. The zero-order chi connectivity index (χ0) is 25.8. The zero-order valence-corrected chi connectivity index (χ0v) is 19.6. The van der Waals surface area contributed by atoms with Crippen molar-refractivity contribution in [2.45, 2.75) is 25.7 Å². The number of unbranched alkanes of at least 4 members (excludes halogenated alkanes) is 1. The molecule has 36 heavy (non-hydrogen) atoms. The maximum absolute atomic E-state index is 12.5. The number of benzene rings is 2. The van der Waals surface area contributed by atoms with Crippen LogP contribution in [0.25, 0.3) is 0 Å². The summed E-state index contributed by atoms with van der Waals surface area (Å²) >= 11 is 0. The molecular weight excluding hydrogens is 462 g/mol. The standard InChI is InChI=1S/C28H25NO7/c1-2-26(30)34-18-4-3-17-33-23-11-9-22(10-12-23)28(32)36-25-15-13-24(14-16-25)35-27(31)21-7-5-20(19-29)6-8-21/h2,5-13,15H,1,3-4,14,16-18H2. The number of carbonyl (C=O) groups excluding carboxylic acids is 3. The van der Waals surface area contributed by atoms with Gasteiger partial charge in [-0.1, -0.05) is 6.58 Å². The molecule has 0 radical (unpaired) electrons. The Labute approximate surface area is 209 Å². The molecular formula is C28H25NO7. The maximum atomic E-state index is 12.5. The lowest BCUT2D eigenvalue weighted by Gasteiger charge is -2.15. The molecule has 1 aliphatic rings. The lowest BCUT2D eigenvalue weighted by atomic mass is 10.1. The fourth-order valence-electron chi connectivity index (χ4n) is 3.12. The van der Waals surface area contributed by atoms with Crippen LogP contribution in [0.2, 0.25) is 0 Å². The van der Waals surface area contributed by atoms with Gasteiger partial charge in [0.15, 0.2) is 0 Å². The first kappa shape index (κ1) is 26.0. The van der Waals surface area contributed by atoms with Gasteiger partial charge < -0.3 is 18.9 Å². The molecule has 0 aromatic heterocycles. The van der Waals surface area contributed by atoms with E-state index in [4.69, 9.17) is 24.2 Å². The van der Waals surface area contributed by atoms with Gasteiger partial charge in [0.25, 0.3) is 0 Å². The average Bonchev–Trinajstić information content (AvgIpc) is 2.91. The number of hydrogen-bond acceptors (Lipinski definition) is 8. The molecule has 2 aromatic rings. The minimum absolute atomic E-state index is 0.311. The molecule has 0 unspecified atom stereocenters. The van der Waals surface area contributed by atoms with Gasteiger partial charge in [-0.15, -0.1) is 0 Å². The second kappa shape index (κ2) is 13.3. The number of esters is 3. The number of ether oxygens (including phenoxy) is 4. The lowest BCUT2D eigenvalue weighted by molar-refractivity contribution is -0.137. The van der Waals surface area contributed by atoms with Crippen LogP contribution in [0.5, 0.6) is 5.75 Å². The van der Waals surface area contributed by atoms with Crippen molar-refractivity contribution >= 4 is 17.9 Å². The molecule has 1 aliphatic carbocycles. The minimum Gasteiger partial charge on any atom is -0.494 e. The maximum Gasteiger partial charge on any atom is 0.343 e. The van der Waals surface area contributed by atoms with Crippen molar-refractivity contribution < 1.29 is 33.3 Å². The van der Waals surface area contributed by atoms with Gasteiger partial charge in [-0.2, -0.15) is 5.26 Å². The summed E-state index contributed by atoms with van der Waals surface area (Å²) in [7, 11) is 0. The smallest absolute Gasteiger partial charge is 0.343 e. The molecule has 0 spiro atoms. The first-order valence-corrected chi connectivity index (χ1v) is 11.3. The molecule has 0 saturated carbocycles. The molecule has 0 amide bonds. The molecule has 0 fully saturated rings. The van der Waals surface area contributed by atoms with Crippen LogP contribution >= 0.6 is 0 Å². The molecule has 0 aliphatic heterocycles. The normalized spacial score (nSPS) is 12.3. The highest BCUT2D eigenvalue weighted by Gasteiger charge is 2.17. The van der Waals surface area contributed by atoms with E-state index in [0.717, 1.165) is 6.08 Å². The summed E-state index contributed by atoms with van der Waals surface area (Å²) in [6.45, 7) is 4.09. The third-order valence-corrected chi connectivity index (χ3v) is 5.08. The SMILES string of the molecule is C=CC(=O)OCCCCOc1ccc(C(=O)OC2=CC=C(OC(=O)c3ccc(C#N)cc3)CC2)cc1. The summed E-state index contributed by atoms with van der Waals surface area (Å²) in [5.41, 5.74) is 1.18. The van der Waals surface area contributed by atoms with Gasteiger partial charge in [0.2, 0.25) is 0 Å². The fourth-order valence-corrected chi connectivity index (χ4v) is 3.12. The van der Waals surface area contributed by atoms with E-state index < -0.39 is 17.9 Å². The van der Waals surface area contributed by atoms with E-state index in [1.807, 2.05) is 6.07 Å². The first-order valence-electron chi connectivity index (χ1n) is 11.3. The topological polar surface area (TPSA) is 112 Å². The van der Waals surface area contributed by atoms with Gasteiger partial charge in [-0.05, 0) is 73.5 Å². The van der Waals surface area contributed by atoms with Gasteiger partial charge in [0.05, 0.1) is 36.0 Å². The lowest BCUT2D eigenvalue weighted by Crippen LogP contribution is -2.10. The van der Waals surface area contributed by atoms with Crippen molar-refractivity contribution in [1.82, 2.24) is 0 Å². The van der Waals surface area contributed by atoms with Crippen molar-refractivity contribution in [1.29, 1.82) is 5.26 Å². The highest BCUT2D eigenvalue weighted by molar-refractivity contribution is 5.91. The van der Waals surface area contributed by atoms with Crippen LogP contribution in [0.15, 0.2) is 84.9 Å². The van der Waals surface area contributed by atoms with Crippen LogP contribution in [-0.4, -0.2) is 31.1 Å². The number of hydrogen-bond donors (Lipinski definition) is 0. The van der Waals surface area contributed by atoms with E-state index in [1.165, 1.54) is 12.1 Å². The largest absolute Gasteiger partial charge is 0.494 e. The zero-order valence-electron chi connectivity index (χ0n) is 19.6. The molecule has 0 saturated heterocycles. The van der Waals surface area contributed by atoms with Gasteiger partial charge in [0.1, 0.15) is 17.3 Å². The second-order valence-electron chi connectivity index (χ2n) is 7.69. The van der Waals surface area contributed by atoms with Gasteiger partial charge in [0, 0.05) is 18.9 Å². The van der Waals surface area contributed by atoms with Crippen LogP contribution in [0.3, 0.4) is 0 Å². The summed E-state index contributed by atoms with van der Waals surface area (Å²) in [6.07, 6.45) is 6.52. The van der Waals surface area contributed by atoms with Crippen molar-refractivity contribution in [2.75, 3.05) is 13.2 Å². The van der Waals surface area contributed by atoms with E-state index >= 15 is 0 Å². The Hall–Kier alpha value is -4.64. The third-order valence-electron chi connectivity index (χ3n) is 5.08. The van der Waals surface area contributed by atoms with Crippen LogP contribution in [0.4, 0.5) is 0 Å². The fraction of sp³-hybridized carbons (Fsp3) is 0.214. The Kier molecular flexibility index (Phi) is 9.60. The molecule has 0 atom stereocenters. The van der Waals surface area contributed by atoms with E-state index in [0.29, 0.717) is 72.9 Å². The van der Waals surface area contributed by atoms with Crippen molar-refractivity contribution in [3.05, 3.63) is 102 Å². The summed E-state index contributed by atoms with van der Waals surface area (Å²) < 4.78 is 21.4. The third kappa shape index (κ3) is 7.99. The summed E-state index contributed by atoms with van der Waals surface area (Å²) in [6, 6.07) is 14.8. The van der Waals surface area contributed by atoms with Crippen LogP contribution in [0.1, 0.15) is 52.0 Å². The van der Waals surface area contributed by atoms with E-state index in [-0.39, 0.29) is 0 Å². The molecule has 3 rings (SSSR count). The van der Waals surface area contributed by atoms with Crippen molar-refractivity contribution in [3.8, 4) is 11.8 Å². The molecule has 0 heterocycles. The van der Waals surface area contributed by atoms with Crippen molar-refractivity contribution in [2.24, 2.45) is 0 Å². The van der Waals surface area contributed by atoms with Crippen molar-refractivity contribution in [3.63, 3.8) is 0 Å². The Morgan fingerprint density at radius 2 is 1.36 bits per heavy atom. The minimum atomic E-state index is -0.516. The number of allylic oxidation sites excluding steroid dienone is 4. The molecule has 0 N–H and O–H groups in total. The average molecular weight is 488 g/mol. The quantitative estimate of drug-likeness (QED) is 0.188. The van der Waals surface area contributed by atoms with Gasteiger partial charge in [-0.25, -0.2) is 14.4 Å². The number of nitrogens with zero attached hydrogens (tertiary/aromatic N) is 1. The predicted molar refractivity (Wildman–Crippen MR) is 130 cm³/mol. The summed E-state index contributed by atoms with van der Waals surface area (Å²) in [4.78, 5) is 35.7. The van der Waals surface area contributed by atoms with Gasteiger partial charge in [-0.3, -0.25) is 0 Å². The number of carbonyl (C=O) groups is 3. The van der Waals surface area contributed by atoms with Crippen LogP contribution in [0, 0.1) is 11.3 Å². The van der Waals surface area contributed by atoms with E-state index in [1.54, 1.807) is 48.6 Å². The first-order chi connectivity index (χ1) is 17.5. The van der Waals surface area contributed by atoms with E-state index in [2.05, 4.69) is 6.58 Å². The summed E-state index contributed by atoms with van der Waals surface area (Å²) in [5, 5.41) is 8.84. The number of rotatable bonds is 11. The van der Waals surface area contributed by atoms with Crippen LogP contribution in [-0.2, 0) is 19.0 Å². The molecule has 184 valence electrons. The van der Waals surface area contributed by atoms with Crippen LogP contribution < -0.4 is 4.74 Å². The highest BCUT2D eigenvalue weighted by Crippen LogP contribution is 2.23. The Bertz CT molecular complexity index is 1200. The number of nitriles is 1. The summed E-state index contributed by atoms with van der Waals surface area (Å²) in [5.74, 6) is 0.0895. The molecule has 0 bridgehead atoms. The molecule has 2 aromatic carbocycles. The monoisotopic (exact) mass is 487 g/mol. The van der Waals surface area contributed by atoms with Gasteiger partial charge >= 0.3 is 17.9 Å². The highest BCUT2D eigenvalue weighted by atomic mass is 16.5. The second-order valence-corrected chi connectivity index (χ2v) is 7.69. The predicted octanol–water partition coefficient (Wildman–Crippen LogP) is 5.02. The molecule has 8 nitrogen and oxygen atoms in total.